The second kappa shape index (κ2) is 5.57. The first-order valence-corrected chi connectivity index (χ1v) is 6.09. The maximum absolute atomic E-state index is 12.7. The maximum Gasteiger partial charge on any atom is 0.417 e. The van der Waals surface area contributed by atoms with Gasteiger partial charge in [0.15, 0.2) is 0 Å². The van der Waals surface area contributed by atoms with Crippen LogP contribution in [0.5, 0.6) is 0 Å². The number of nitrogens with one attached hydrogen (secondary N) is 1. The van der Waals surface area contributed by atoms with Gasteiger partial charge in [-0.15, -0.1) is 12.6 Å². The lowest BCUT2D eigenvalue weighted by molar-refractivity contribution is -0.139. The van der Waals surface area contributed by atoms with E-state index in [1.807, 2.05) is 30.3 Å². The van der Waals surface area contributed by atoms with Crippen molar-refractivity contribution in [2.45, 2.75) is 17.6 Å². The molecule has 0 atom stereocenters. The molecule has 0 bridgehead atoms. The first-order valence-electron chi connectivity index (χ1n) is 5.65. The number of hydrogen-bond donors (Lipinski definition) is 2. The number of anilines is 1. The average Bonchev–Trinajstić information content (AvgIpc) is 2.37. The zero-order valence-corrected chi connectivity index (χ0v) is 10.8. The van der Waals surface area contributed by atoms with Gasteiger partial charge in [-0.2, -0.15) is 13.2 Å². The van der Waals surface area contributed by atoms with Crippen LogP contribution in [0.1, 0.15) is 11.1 Å². The molecular formula is C14H12F3NS. The molecule has 0 unspecified atom stereocenters. The maximum atomic E-state index is 12.7. The van der Waals surface area contributed by atoms with E-state index in [0.29, 0.717) is 12.2 Å². The standard InChI is InChI=1S/C14H12F3NS/c15-14(16,17)12-8-11(6-7-13(12)19)18-9-10-4-2-1-3-5-10/h1-8,18-19H,9H2. The van der Waals surface area contributed by atoms with Gasteiger partial charge in [0.25, 0.3) is 0 Å². The van der Waals surface area contributed by atoms with Crippen LogP contribution in [-0.4, -0.2) is 0 Å². The summed E-state index contributed by atoms with van der Waals surface area (Å²) in [7, 11) is 0. The fourth-order valence-corrected chi connectivity index (χ4v) is 1.94. The molecule has 1 N–H and O–H groups in total. The molecule has 0 amide bonds. The minimum atomic E-state index is -4.39. The Morgan fingerprint density at radius 1 is 1.00 bits per heavy atom. The Morgan fingerprint density at radius 3 is 2.32 bits per heavy atom. The zero-order chi connectivity index (χ0) is 13.9. The molecule has 1 nitrogen and oxygen atoms in total. The van der Waals surface area contributed by atoms with Crippen molar-refractivity contribution in [3.8, 4) is 0 Å². The molecule has 100 valence electrons. The van der Waals surface area contributed by atoms with Crippen LogP contribution in [0.4, 0.5) is 18.9 Å². The van der Waals surface area contributed by atoms with Gasteiger partial charge in [0.2, 0.25) is 0 Å². The topological polar surface area (TPSA) is 12.0 Å². The first kappa shape index (κ1) is 13.8. The van der Waals surface area contributed by atoms with E-state index in [1.54, 1.807) is 6.07 Å². The first-order chi connectivity index (χ1) is 8.97. The molecule has 19 heavy (non-hydrogen) atoms. The van der Waals surface area contributed by atoms with E-state index < -0.39 is 11.7 Å². The fourth-order valence-electron chi connectivity index (χ4n) is 1.67. The Bertz CT molecular complexity index is 552. The van der Waals surface area contributed by atoms with E-state index in [-0.39, 0.29) is 4.90 Å². The van der Waals surface area contributed by atoms with Crippen molar-refractivity contribution in [2.24, 2.45) is 0 Å². The van der Waals surface area contributed by atoms with Crippen molar-refractivity contribution < 1.29 is 13.2 Å². The third-order valence-electron chi connectivity index (χ3n) is 2.64. The Hall–Kier alpha value is -1.62. The van der Waals surface area contributed by atoms with Crippen molar-refractivity contribution >= 4 is 18.3 Å². The van der Waals surface area contributed by atoms with Gasteiger partial charge in [-0.1, -0.05) is 30.3 Å². The number of benzene rings is 2. The molecule has 0 aliphatic rings. The fraction of sp³-hybridized carbons (Fsp3) is 0.143. The van der Waals surface area contributed by atoms with Crippen molar-refractivity contribution in [1.82, 2.24) is 0 Å². The summed E-state index contributed by atoms with van der Waals surface area (Å²) in [6.45, 7) is 0.476. The summed E-state index contributed by atoms with van der Waals surface area (Å²) in [6.07, 6.45) is -4.39. The van der Waals surface area contributed by atoms with Crippen LogP contribution in [0.2, 0.25) is 0 Å². The summed E-state index contributed by atoms with van der Waals surface area (Å²) in [6, 6.07) is 13.5. The van der Waals surface area contributed by atoms with Crippen molar-refractivity contribution in [1.29, 1.82) is 0 Å². The molecule has 2 rings (SSSR count). The van der Waals surface area contributed by atoms with Gasteiger partial charge in [-0.3, -0.25) is 0 Å². The Morgan fingerprint density at radius 2 is 1.68 bits per heavy atom. The van der Waals surface area contributed by atoms with Crippen LogP contribution >= 0.6 is 12.6 Å². The van der Waals surface area contributed by atoms with Crippen LogP contribution in [0.15, 0.2) is 53.4 Å². The quantitative estimate of drug-likeness (QED) is 0.784. The van der Waals surface area contributed by atoms with Crippen molar-refractivity contribution in [3.05, 3.63) is 59.7 Å². The highest BCUT2D eigenvalue weighted by atomic mass is 32.1. The summed E-state index contributed by atoms with van der Waals surface area (Å²) in [5.74, 6) is 0. The number of alkyl halides is 3. The lowest BCUT2D eigenvalue weighted by Gasteiger charge is -2.13. The molecular weight excluding hydrogens is 271 g/mol. The lowest BCUT2D eigenvalue weighted by atomic mass is 10.1. The van der Waals surface area contributed by atoms with E-state index in [2.05, 4.69) is 17.9 Å². The predicted molar refractivity (Wildman–Crippen MR) is 72.5 cm³/mol. The van der Waals surface area contributed by atoms with Crippen molar-refractivity contribution in [2.75, 3.05) is 5.32 Å². The van der Waals surface area contributed by atoms with Gasteiger partial charge in [0, 0.05) is 17.1 Å². The summed E-state index contributed by atoms with van der Waals surface area (Å²) >= 11 is 3.83. The molecule has 0 saturated heterocycles. The van der Waals surface area contributed by atoms with Gasteiger partial charge in [-0.05, 0) is 23.8 Å². The van der Waals surface area contributed by atoms with E-state index in [9.17, 15) is 13.2 Å². The summed E-state index contributed by atoms with van der Waals surface area (Å²) in [5.41, 5.74) is 0.703. The minimum absolute atomic E-state index is 0.0715. The van der Waals surface area contributed by atoms with Crippen LogP contribution < -0.4 is 5.32 Å². The second-order valence-corrected chi connectivity index (χ2v) is 4.55. The van der Waals surface area contributed by atoms with E-state index in [4.69, 9.17) is 0 Å². The normalized spacial score (nSPS) is 11.4. The number of rotatable bonds is 3. The van der Waals surface area contributed by atoms with Gasteiger partial charge in [0.05, 0.1) is 5.56 Å². The van der Waals surface area contributed by atoms with Gasteiger partial charge in [-0.25, -0.2) is 0 Å². The van der Waals surface area contributed by atoms with Crippen LogP contribution in [0.25, 0.3) is 0 Å². The third-order valence-corrected chi connectivity index (χ3v) is 3.03. The molecule has 0 heterocycles. The van der Waals surface area contributed by atoms with Crippen LogP contribution in [0.3, 0.4) is 0 Å². The lowest BCUT2D eigenvalue weighted by Crippen LogP contribution is -2.08. The highest BCUT2D eigenvalue weighted by molar-refractivity contribution is 7.80. The van der Waals surface area contributed by atoms with Gasteiger partial charge < -0.3 is 5.32 Å². The predicted octanol–water partition coefficient (Wildman–Crippen LogP) is 4.61. The molecule has 0 fully saturated rings. The molecule has 0 aliphatic carbocycles. The summed E-state index contributed by atoms with van der Waals surface area (Å²) in [4.78, 5) is -0.0715. The zero-order valence-electron chi connectivity index (χ0n) is 9.91. The molecule has 5 heteroatoms. The molecule has 2 aromatic carbocycles. The van der Waals surface area contributed by atoms with Crippen LogP contribution in [0, 0.1) is 0 Å². The van der Waals surface area contributed by atoms with Gasteiger partial charge in [0.1, 0.15) is 0 Å². The molecule has 0 radical (unpaired) electrons. The Balaban J connectivity index is 2.14. The SMILES string of the molecule is FC(F)(F)c1cc(NCc2ccccc2)ccc1S. The molecule has 2 aromatic rings. The highest BCUT2D eigenvalue weighted by Crippen LogP contribution is 2.35. The van der Waals surface area contributed by atoms with E-state index >= 15 is 0 Å². The number of halogens is 3. The average molecular weight is 283 g/mol. The third kappa shape index (κ3) is 3.67. The molecule has 0 aliphatic heterocycles. The number of hydrogen-bond acceptors (Lipinski definition) is 2. The van der Waals surface area contributed by atoms with E-state index in [0.717, 1.165) is 11.6 Å². The van der Waals surface area contributed by atoms with Crippen molar-refractivity contribution in [3.63, 3.8) is 0 Å². The van der Waals surface area contributed by atoms with Crippen LogP contribution in [-0.2, 0) is 12.7 Å². The summed E-state index contributed by atoms with van der Waals surface area (Å²) in [5, 5.41) is 2.97. The van der Waals surface area contributed by atoms with E-state index in [1.165, 1.54) is 6.07 Å². The highest BCUT2D eigenvalue weighted by Gasteiger charge is 2.32. The van der Waals surface area contributed by atoms with Gasteiger partial charge >= 0.3 is 6.18 Å². The second-order valence-electron chi connectivity index (χ2n) is 4.07. The molecule has 0 aromatic heterocycles. The molecule has 0 saturated carbocycles. The Labute approximate surface area is 114 Å². The Kier molecular flexibility index (Phi) is 4.04. The minimum Gasteiger partial charge on any atom is -0.381 e. The molecule has 0 spiro atoms. The smallest absolute Gasteiger partial charge is 0.381 e. The largest absolute Gasteiger partial charge is 0.417 e. The monoisotopic (exact) mass is 283 g/mol. The number of thiol groups is 1. The summed E-state index contributed by atoms with van der Waals surface area (Å²) < 4.78 is 38.1.